The highest BCUT2D eigenvalue weighted by molar-refractivity contribution is 4.66. The van der Waals surface area contributed by atoms with E-state index in [0.717, 1.165) is 26.3 Å². The zero-order valence-electron chi connectivity index (χ0n) is 7.51. The molecular weight excluding hydrogens is 138 g/mol. The van der Waals surface area contributed by atoms with E-state index in [4.69, 9.17) is 4.74 Å². The first-order chi connectivity index (χ1) is 5.43. The highest BCUT2D eigenvalue weighted by Gasteiger charge is 2.17. The Kier molecular flexibility index (Phi) is 4.55. The summed E-state index contributed by atoms with van der Waals surface area (Å²) in [6, 6.07) is 0. The molecule has 1 radical (unpaired) electrons. The maximum absolute atomic E-state index is 5.26. The lowest BCUT2D eigenvalue weighted by molar-refractivity contribution is 0.0747. The average molecular weight is 157 g/mol. The molecule has 0 spiro atoms. The Morgan fingerprint density at radius 3 is 2.55 bits per heavy atom. The normalized spacial score (nSPS) is 20.5. The third-order valence-corrected chi connectivity index (χ3v) is 2.18. The average Bonchev–Trinajstić information content (AvgIpc) is 2.07. The lowest BCUT2D eigenvalue weighted by atomic mass is 10.2. The molecule has 1 aliphatic heterocycles. The van der Waals surface area contributed by atoms with Crippen molar-refractivity contribution >= 4 is 0 Å². The van der Waals surface area contributed by atoms with Crippen LogP contribution < -0.4 is 4.90 Å². The fraction of sp³-hybridized carbons (Fsp3) is 1.00. The third kappa shape index (κ3) is 3.73. The highest BCUT2D eigenvalue weighted by Crippen LogP contribution is 1.98. The number of hydrogen-bond acceptors (Lipinski definition) is 2. The molecule has 0 bridgehead atoms. The van der Waals surface area contributed by atoms with Crippen LogP contribution >= 0.6 is 0 Å². The maximum atomic E-state index is 5.26. The predicted molar refractivity (Wildman–Crippen MR) is 47.1 cm³/mol. The molecule has 65 valence electrons. The highest BCUT2D eigenvalue weighted by atomic mass is 16.5. The number of unbranched alkanes of at least 4 members (excludes halogenated alkanes) is 2. The monoisotopic (exact) mass is 157 g/mol. The molecule has 0 atom stereocenters. The fourth-order valence-corrected chi connectivity index (χ4v) is 1.41. The molecule has 0 unspecified atom stereocenters. The summed E-state index contributed by atoms with van der Waals surface area (Å²) in [4.78, 5) is 2.50. The Morgan fingerprint density at radius 2 is 1.91 bits per heavy atom. The molecule has 0 amide bonds. The van der Waals surface area contributed by atoms with E-state index in [9.17, 15) is 0 Å². The largest absolute Gasteiger partial charge is 0.369 e. The fourth-order valence-electron chi connectivity index (χ4n) is 1.41. The van der Waals surface area contributed by atoms with E-state index in [2.05, 4.69) is 11.8 Å². The van der Waals surface area contributed by atoms with Crippen LogP contribution in [-0.4, -0.2) is 32.8 Å². The van der Waals surface area contributed by atoms with Crippen LogP contribution in [0, 0.1) is 0 Å². The van der Waals surface area contributed by atoms with Gasteiger partial charge in [-0.25, -0.2) is 0 Å². The van der Waals surface area contributed by atoms with Crippen LogP contribution in [0.3, 0.4) is 0 Å². The minimum absolute atomic E-state index is 0.937. The second-order valence-corrected chi connectivity index (χ2v) is 3.16. The Morgan fingerprint density at radius 1 is 1.18 bits per heavy atom. The van der Waals surface area contributed by atoms with Crippen molar-refractivity contribution in [1.29, 1.82) is 0 Å². The first kappa shape index (κ1) is 9.01. The van der Waals surface area contributed by atoms with Gasteiger partial charge in [0.2, 0.25) is 0 Å². The number of ether oxygens (including phenoxy) is 1. The first-order valence-corrected chi connectivity index (χ1v) is 4.73. The van der Waals surface area contributed by atoms with E-state index in [-0.39, 0.29) is 0 Å². The number of rotatable bonds is 4. The molecule has 1 fully saturated rings. The van der Waals surface area contributed by atoms with Crippen LogP contribution in [0.15, 0.2) is 0 Å². The van der Waals surface area contributed by atoms with Crippen molar-refractivity contribution < 1.29 is 4.74 Å². The van der Waals surface area contributed by atoms with Crippen molar-refractivity contribution in [3.63, 3.8) is 0 Å². The molecule has 1 rings (SSSR count). The quantitative estimate of drug-likeness (QED) is 0.444. The van der Waals surface area contributed by atoms with Gasteiger partial charge in [0.1, 0.15) is 32.8 Å². The molecule has 0 saturated carbocycles. The molecule has 0 aromatic carbocycles. The third-order valence-electron chi connectivity index (χ3n) is 2.18. The zero-order chi connectivity index (χ0) is 7.94. The summed E-state index contributed by atoms with van der Waals surface area (Å²) < 4.78 is 5.26. The Labute approximate surface area is 69.5 Å². The number of hydrogen-bond donors (Lipinski definition) is 0. The molecular formula is C9H19NO+. The summed E-state index contributed by atoms with van der Waals surface area (Å²) in [5.74, 6) is 0. The molecule has 2 nitrogen and oxygen atoms in total. The van der Waals surface area contributed by atoms with E-state index in [0.29, 0.717) is 0 Å². The molecule has 11 heavy (non-hydrogen) atoms. The van der Waals surface area contributed by atoms with Gasteiger partial charge in [0, 0.05) is 6.42 Å². The minimum Gasteiger partial charge on any atom is -0.369 e. The van der Waals surface area contributed by atoms with Crippen molar-refractivity contribution in [2.45, 2.75) is 26.2 Å². The van der Waals surface area contributed by atoms with E-state index in [1.54, 1.807) is 0 Å². The van der Waals surface area contributed by atoms with Gasteiger partial charge < -0.3 is 4.74 Å². The molecule has 0 aromatic heterocycles. The summed E-state index contributed by atoms with van der Waals surface area (Å²) >= 11 is 0. The van der Waals surface area contributed by atoms with Crippen LogP contribution in [0.25, 0.3) is 0 Å². The minimum atomic E-state index is 0.937. The lowest BCUT2D eigenvalue weighted by Gasteiger charge is -2.16. The summed E-state index contributed by atoms with van der Waals surface area (Å²) in [7, 11) is 0. The van der Waals surface area contributed by atoms with E-state index in [1.165, 1.54) is 25.8 Å². The molecule has 2 heteroatoms. The molecule has 1 saturated heterocycles. The topological polar surface area (TPSA) is 15.1 Å². The van der Waals surface area contributed by atoms with Gasteiger partial charge in [0.25, 0.3) is 0 Å². The van der Waals surface area contributed by atoms with Crippen molar-refractivity contribution in [2.75, 3.05) is 32.8 Å². The van der Waals surface area contributed by atoms with Crippen molar-refractivity contribution in [3.8, 4) is 0 Å². The Bertz CT molecular complexity index is 89.6. The summed E-state index contributed by atoms with van der Waals surface area (Å²) in [5.41, 5.74) is 0. The van der Waals surface area contributed by atoms with Crippen molar-refractivity contribution in [1.82, 2.24) is 4.90 Å². The molecule has 0 aromatic rings. The van der Waals surface area contributed by atoms with E-state index < -0.39 is 0 Å². The Balaban J connectivity index is 1.96. The van der Waals surface area contributed by atoms with Crippen LogP contribution in [0.5, 0.6) is 0 Å². The predicted octanol–water partition coefficient (Wildman–Crippen LogP) is 1.35. The van der Waals surface area contributed by atoms with Crippen LogP contribution in [-0.2, 0) is 4.74 Å². The first-order valence-electron chi connectivity index (χ1n) is 4.73. The van der Waals surface area contributed by atoms with Gasteiger partial charge in [-0.15, -0.1) is 0 Å². The Hall–Kier alpha value is -0.0800. The molecule has 1 heterocycles. The molecule has 1 aliphatic rings. The standard InChI is InChI=1S/C9H19NO/c1-2-3-4-5-10-6-8-11-9-7-10/h2-9H2,1H3/q+1. The summed E-state index contributed by atoms with van der Waals surface area (Å²) in [5, 5.41) is 0. The van der Waals surface area contributed by atoms with Gasteiger partial charge in [-0.2, -0.15) is 4.90 Å². The second kappa shape index (κ2) is 5.56. The van der Waals surface area contributed by atoms with Crippen molar-refractivity contribution in [3.05, 3.63) is 0 Å². The smallest absolute Gasteiger partial charge is 0.146 e. The zero-order valence-corrected chi connectivity index (χ0v) is 7.51. The maximum Gasteiger partial charge on any atom is 0.146 e. The van der Waals surface area contributed by atoms with Crippen LogP contribution in [0.2, 0.25) is 0 Å². The van der Waals surface area contributed by atoms with Gasteiger partial charge >= 0.3 is 0 Å². The molecule has 0 N–H and O–H groups in total. The summed E-state index contributed by atoms with van der Waals surface area (Å²) in [6.45, 7) is 7.68. The summed E-state index contributed by atoms with van der Waals surface area (Å²) in [6.07, 6.45) is 4.05. The van der Waals surface area contributed by atoms with Crippen LogP contribution in [0.4, 0.5) is 0 Å². The second-order valence-electron chi connectivity index (χ2n) is 3.16. The number of nitrogens with zero attached hydrogens (tertiary/aromatic N) is 1. The van der Waals surface area contributed by atoms with Crippen LogP contribution in [0.1, 0.15) is 26.2 Å². The van der Waals surface area contributed by atoms with Gasteiger partial charge in [-0.3, -0.25) is 0 Å². The van der Waals surface area contributed by atoms with Gasteiger partial charge in [-0.05, 0) is 6.42 Å². The van der Waals surface area contributed by atoms with Gasteiger partial charge in [0.05, 0.1) is 0 Å². The van der Waals surface area contributed by atoms with E-state index >= 15 is 0 Å². The SMILES string of the molecule is CCCCC[N+]1CCOCC1. The number of morpholine rings is 1. The lowest BCUT2D eigenvalue weighted by Crippen LogP contribution is -2.41. The van der Waals surface area contributed by atoms with Gasteiger partial charge in [-0.1, -0.05) is 13.3 Å². The van der Waals surface area contributed by atoms with Crippen molar-refractivity contribution in [2.24, 2.45) is 0 Å². The van der Waals surface area contributed by atoms with Gasteiger partial charge in [0.15, 0.2) is 0 Å². The molecule has 0 aliphatic carbocycles. The van der Waals surface area contributed by atoms with E-state index in [1.807, 2.05) is 0 Å².